The molecule has 0 spiro atoms. The molecule has 0 amide bonds. The summed E-state index contributed by atoms with van der Waals surface area (Å²) in [6, 6.07) is 5.54. The van der Waals surface area contributed by atoms with Gasteiger partial charge in [-0.05, 0) is 12.1 Å². The molecule has 0 radical (unpaired) electrons. The highest BCUT2D eigenvalue weighted by Crippen LogP contribution is 2.24. The van der Waals surface area contributed by atoms with Crippen molar-refractivity contribution in [1.82, 2.24) is 10.1 Å². The fourth-order valence-corrected chi connectivity index (χ4v) is 1.44. The first-order valence-corrected chi connectivity index (χ1v) is 5.22. The molecule has 17 heavy (non-hydrogen) atoms. The zero-order chi connectivity index (χ0) is 12.1. The van der Waals surface area contributed by atoms with Gasteiger partial charge < -0.3 is 20.3 Å². The first-order chi connectivity index (χ1) is 8.29. The van der Waals surface area contributed by atoms with Crippen LogP contribution in [0.1, 0.15) is 5.89 Å². The van der Waals surface area contributed by atoms with Gasteiger partial charge in [0, 0.05) is 24.7 Å². The molecule has 0 fully saturated rings. The van der Waals surface area contributed by atoms with Crippen molar-refractivity contribution in [2.24, 2.45) is 0 Å². The summed E-state index contributed by atoms with van der Waals surface area (Å²) in [6.07, 6.45) is 2.06. The molecule has 6 nitrogen and oxygen atoms in total. The van der Waals surface area contributed by atoms with E-state index in [0.717, 1.165) is 5.69 Å². The van der Waals surface area contributed by atoms with Crippen molar-refractivity contribution < 1.29 is 9.26 Å². The Hall–Kier alpha value is -2.24. The number of anilines is 2. The first kappa shape index (κ1) is 11.3. The largest absolute Gasteiger partial charge is 0.495 e. The molecule has 6 heteroatoms. The van der Waals surface area contributed by atoms with E-state index in [1.807, 2.05) is 12.1 Å². The molecule has 0 aliphatic rings. The highest BCUT2D eigenvalue weighted by molar-refractivity contribution is 5.61. The lowest BCUT2D eigenvalue weighted by Gasteiger charge is -2.08. The van der Waals surface area contributed by atoms with E-state index in [2.05, 4.69) is 15.5 Å². The fourth-order valence-electron chi connectivity index (χ4n) is 1.44. The average molecular weight is 234 g/mol. The summed E-state index contributed by atoms with van der Waals surface area (Å²) in [7, 11) is 1.59. The average Bonchev–Trinajstić information content (AvgIpc) is 2.84. The smallest absolute Gasteiger partial charge is 0.228 e. The lowest BCUT2D eigenvalue weighted by molar-refractivity contribution is 0.380. The third-order valence-electron chi connectivity index (χ3n) is 2.31. The predicted molar refractivity (Wildman–Crippen MR) is 63.9 cm³/mol. The number of nitrogen functional groups attached to an aromatic ring is 1. The van der Waals surface area contributed by atoms with Crippen LogP contribution < -0.4 is 15.8 Å². The van der Waals surface area contributed by atoms with Gasteiger partial charge in [-0.25, -0.2) is 0 Å². The second-order valence-electron chi connectivity index (χ2n) is 3.47. The number of rotatable bonds is 5. The second kappa shape index (κ2) is 5.20. The number of nitrogens with one attached hydrogen (secondary N) is 1. The van der Waals surface area contributed by atoms with Crippen molar-refractivity contribution in [2.45, 2.75) is 6.42 Å². The normalized spacial score (nSPS) is 10.2. The third-order valence-corrected chi connectivity index (χ3v) is 2.31. The summed E-state index contributed by atoms with van der Waals surface area (Å²) in [5.41, 5.74) is 7.28. The molecule has 2 rings (SSSR count). The van der Waals surface area contributed by atoms with E-state index in [0.29, 0.717) is 30.3 Å². The molecule has 0 aliphatic carbocycles. The molecule has 90 valence electrons. The zero-order valence-electron chi connectivity index (χ0n) is 9.51. The van der Waals surface area contributed by atoms with Gasteiger partial charge in [0.1, 0.15) is 5.75 Å². The van der Waals surface area contributed by atoms with Crippen molar-refractivity contribution in [2.75, 3.05) is 24.7 Å². The van der Waals surface area contributed by atoms with E-state index in [1.165, 1.54) is 6.33 Å². The number of ether oxygens (including phenoxy) is 1. The Morgan fingerprint density at radius 2 is 2.35 bits per heavy atom. The summed E-state index contributed by atoms with van der Waals surface area (Å²) >= 11 is 0. The number of hydrogen-bond donors (Lipinski definition) is 2. The molecule has 3 N–H and O–H groups in total. The number of aromatic nitrogens is 2. The summed E-state index contributed by atoms with van der Waals surface area (Å²) < 4.78 is 10.0. The Morgan fingerprint density at radius 3 is 3.06 bits per heavy atom. The Kier molecular flexibility index (Phi) is 3.44. The van der Waals surface area contributed by atoms with Crippen molar-refractivity contribution in [3.8, 4) is 5.75 Å². The highest BCUT2D eigenvalue weighted by atomic mass is 16.5. The molecular weight excluding hydrogens is 220 g/mol. The lowest BCUT2D eigenvalue weighted by atomic mass is 10.2. The van der Waals surface area contributed by atoms with Crippen molar-refractivity contribution in [3.05, 3.63) is 30.4 Å². The lowest BCUT2D eigenvalue weighted by Crippen LogP contribution is -2.05. The van der Waals surface area contributed by atoms with Gasteiger partial charge in [-0.2, -0.15) is 4.98 Å². The number of methoxy groups -OCH3 is 1. The summed E-state index contributed by atoms with van der Waals surface area (Å²) in [4.78, 5) is 3.93. The molecule has 1 aromatic carbocycles. The molecule has 0 unspecified atom stereocenters. The van der Waals surface area contributed by atoms with Crippen LogP contribution in [0.3, 0.4) is 0 Å². The predicted octanol–water partition coefficient (Wildman–Crippen LogP) is 1.31. The maximum Gasteiger partial charge on any atom is 0.228 e. The van der Waals surface area contributed by atoms with Gasteiger partial charge in [-0.3, -0.25) is 0 Å². The monoisotopic (exact) mass is 234 g/mol. The van der Waals surface area contributed by atoms with E-state index in [4.69, 9.17) is 15.0 Å². The van der Waals surface area contributed by atoms with Crippen molar-refractivity contribution in [1.29, 1.82) is 0 Å². The number of benzene rings is 1. The molecule has 1 aromatic heterocycles. The van der Waals surface area contributed by atoms with E-state index in [9.17, 15) is 0 Å². The number of nitrogens with two attached hydrogens (primary N) is 1. The molecule has 2 aromatic rings. The Morgan fingerprint density at radius 1 is 1.47 bits per heavy atom. The van der Waals surface area contributed by atoms with Crippen LogP contribution in [0.4, 0.5) is 11.4 Å². The van der Waals surface area contributed by atoms with Gasteiger partial charge in [0.15, 0.2) is 6.33 Å². The maximum absolute atomic E-state index is 5.72. The molecule has 0 bridgehead atoms. The van der Waals surface area contributed by atoms with Crippen LogP contribution in [0, 0.1) is 0 Å². The summed E-state index contributed by atoms with van der Waals surface area (Å²) in [6.45, 7) is 0.704. The second-order valence-corrected chi connectivity index (χ2v) is 3.47. The van der Waals surface area contributed by atoms with Crippen LogP contribution in [0.25, 0.3) is 0 Å². The maximum atomic E-state index is 5.72. The van der Waals surface area contributed by atoms with Crippen LogP contribution >= 0.6 is 0 Å². The van der Waals surface area contributed by atoms with Gasteiger partial charge in [0.25, 0.3) is 0 Å². The number of hydrogen-bond acceptors (Lipinski definition) is 6. The summed E-state index contributed by atoms with van der Waals surface area (Å²) in [5, 5.41) is 6.76. The Balaban J connectivity index is 1.90. The van der Waals surface area contributed by atoms with E-state index >= 15 is 0 Å². The van der Waals surface area contributed by atoms with E-state index < -0.39 is 0 Å². The molecule has 0 saturated heterocycles. The summed E-state index contributed by atoms with van der Waals surface area (Å²) in [5.74, 6) is 1.27. The minimum atomic E-state index is 0.611. The fraction of sp³-hybridized carbons (Fsp3) is 0.273. The zero-order valence-corrected chi connectivity index (χ0v) is 9.51. The van der Waals surface area contributed by atoms with Crippen LogP contribution in [-0.4, -0.2) is 23.8 Å². The van der Waals surface area contributed by atoms with Crippen LogP contribution in [0.5, 0.6) is 5.75 Å². The van der Waals surface area contributed by atoms with Crippen LogP contribution in [0.15, 0.2) is 29.0 Å². The molecule has 0 aliphatic heterocycles. The molecule has 0 atom stereocenters. The van der Waals surface area contributed by atoms with Gasteiger partial charge in [-0.15, -0.1) is 0 Å². The Bertz CT molecular complexity index is 470. The quantitative estimate of drug-likeness (QED) is 0.759. The minimum absolute atomic E-state index is 0.611. The topological polar surface area (TPSA) is 86.2 Å². The van der Waals surface area contributed by atoms with Crippen LogP contribution in [-0.2, 0) is 6.42 Å². The van der Waals surface area contributed by atoms with Gasteiger partial charge in [0.05, 0.1) is 12.8 Å². The molecular formula is C11H14N4O2. The highest BCUT2D eigenvalue weighted by Gasteiger charge is 2.02. The van der Waals surface area contributed by atoms with E-state index in [-0.39, 0.29) is 0 Å². The third kappa shape index (κ3) is 2.87. The Labute approximate surface area is 98.8 Å². The number of nitrogens with zero attached hydrogens (tertiary/aromatic N) is 2. The van der Waals surface area contributed by atoms with Crippen molar-refractivity contribution in [3.63, 3.8) is 0 Å². The van der Waals surface area contributed by atoms with Crippen LogP contribution in [0.2, 0.25) is 0 Å². The molecule has 0 saturated carbocycles. The van der Waals surface area contributed by atoms with Gasteiger partial charge in [-0.1, -0.05) is 5.16 Å². The SMILES string of the molecule is COc1cc(NCCc2ncno2)ccc1N. The minimum Gasteiger partial charge on any atom is -0.495 e. The first-order valence-electron chi connectivity index (χ1n) is 5.22. The van der Waals surface area contributed by atoms with E-state index in [1.54, 1.807) is 13.2 Å². The van der Waals surface area contributed by atoms with Crippen molar-refractivity contribution >= 4 is 11.4 Å². The molecule has 1 heterocycles. The standard InChI is InChI=1S/C11H14N4O2/c1-16-10-6-8(2-3-9(10)12)13-5-4-11-14-7-15-17-11/h2-3,6-7,13H,4-5,12H2,1H3. The van der Waals surface area contributed by atoms with Gasteiger partial charge in [0.2, 0.25) is 5.89 Å². The van der Waals surface area contributed by atoms with Gasteiger partial charge >= 0.3 is 0 Å².